The van der Waals surface area contributed by atoms with Gasteiger partial charge in [0.15, 0.2) is 0 Å². The summed E-state index contributed by atoms with van der Waals surface area (Å²) in [7, 11) is 1.99. The van der Waals surface area contributed by atoms with E-state index in [2.05, 4.69) is 40.5 Å². The Balaban J connectivity index is 1.13. The van der Waals surface area contributed by atoms with Crippen molar-refractivity contribution >= 4 is 11.6 Å². The summed E-state index contributed by atoms with van der Waals surface area (Å²) in [6.07, 6.45) is 6.51. The van der Waals surface area contributed by atoms with E-state index in [0.29, 0.717) is 38.4 Å². The van der Waals surface area contributed by atoms with Crippen molar-refractivity contribution in [2.24, 2.45) is 0 Å². The molecular weight excluding hydrogens is 504 g/mol. The number of nitrogens with zero attached hydrogens (tertiary/aromatic N) is 5. The number of piperidine rings is 1. The lowest BCUT2D eigenvalue weighted by molar-refractivity contribution is -0.136. The third-order valence-electron chi connectivity index (χ3n) is 8.72. The predicted octanol–water partition coefficient (Wildman–Crippen LogP) is 3.31. The van der Waals surface area contributed by atoms with E-state index in [1.807, 2.05) is 42.3 Å². The number of nitrogens with one attached hydrogen (secondary N) is 1. The van der Waals surface area contributed by atoms with Gasteiger partial charge in [-0.25, -0.2) is 9.50 Å². The monoisotopic (exact) mass is 540 g/mol. The molecule has 1 unspecified atom stereocenters. The fourth-order valence-corrected chi connectivity index (χ4v) is 6.23. The van der Waals surface area contributed by atoms with Crippen LogP contribution in [0, 0.1) is 0 Å². The molecular formula is C31H36N6O3. The van der Waals surface area contributed by atoms with Crippen molar-refractivity contribution in [3.05, 3.63) is 88.1 Å². The highest BCUT2D eigenvalue weighted by Gasteiger charge is 2.35. The Morgan fingerprint density at radius 3 is 2.70 bits per heavy atom. The smallest absolute Gasteiger partial charge is 0.296 e. The Labute approximate surface area is 233 Å². The number of carbonyl (C=O) groups is 1. The van der Waals surface area contributed by atoms with Crippen LogP contribution in [0.5, 0.6) is 0 Å². The molecule has 1 fully saturated rings. The van der Waals surface area contributed by atoms with Gasteiger partial charge in [-0.15, -0.1) is 0 Å². The number of aliphatic hydroxyl groups is 1. The first-order valence-corrected chi connectivity index (χ1v) is 14.1. The number of hydrogen-bond donors (Lipinski definition) is 2. The number of fused-ring (bicyclic) bond motifs is 2. The van der Waals surface area contributed by atoms with Crippen molar-refractivity contribution in [2.45, 2.75) is 63.1 Å². The molecule has 2 atom stereocenters. The van der Waals surface area contributed by atoms with Crippen LogP contribution in [0.25, 0.3) is 16.9 Å². The summed E-state index contributed by atoms with van der Waals surface area (Å²) in [4.78, 5) is 32.5. The molecule has 1 amide bonds. The predicted molar refractivity (Wildman–Crippen MR) is 153 cm³/mol. The first kappa shape index (κ1) is 26.4. The van der Waals surface area contributed by atoms with Crippen LogP contribution >= 0.6 is 0 Å². The average Bonchev–Trinajstić information content (AvgIpc) is 3.59. The fraction of sp³-hybridized carbons (Fsp3) is 0.419. The molecule has 2 aliphatic rings. The maximum absolute atomic E-state index is 13.3. The van der Waals surface area contributed by atoms with Crippen LogP contribution in [0.4, 0.5) is 0 Å². The molecule has 6 rings (SSSR count). The van der Waals surface area contributed by atoms with E-state index >= 15 is 0 Å². The minimum Gasteiger partial charge on any atom is -0.388 e. The van der Waals surface area contributed by atoms with Crippen LogP contribution in [0.3, 0.4) is 0 Å². The van der Waals surface area contributed by atoms with E-state index in [1.165, 1.54) is 22.0 Å². The molecule has 1 aliphatic carbocycles. The molecule has 0 saturated carbocycles. The molecule has 1 saturated heterocycles. The second kappa shape index (κ2) is 10.6. The minimum atomic E-state index is -1.09. The Bertz CT molecular complexity index is 1590. The van der Waals surface area contributed by atoms with Gasteiger partial charge in [0, 0.05) is 31.1 Å². The lowest BCUT2D eigenvalue weighted by Gasteiger charge is -2.38. The van der Waals surface area contributed by atoms with E-state index in [-0.39, 0.29) is 29.6 Å². The third kappa shape index (κ3) is 4.95. The summed E-state index contributed by atoms with van der Waals surface area (Å²) >= 11 is 0. The molecule has 0 bridgehead atoms. The van der Waals surface area contributed by atoms with Gasteiger partial charge in [0.1, 0.15) is 6.33 Å². The van der Waals surface area contributed by atoms with Crippen molar-refractivity contribution in [3.63, 3.8) is 0 Å². The third-order valence-corrected chi connectivity index (χ3v) is 8.72. The summed E-state index contributed by atoms with van der Waals surface area (Å²) in [6, 6.07) is 16.8. The minimum absolute atomic E-state index is 0.0941. The van der Waals surface area contributed by atoms with Gasteiger partial charge in [-0.3, -0.25) is 14.2 Å². The number of likely N-dealkylation sites (tertiary alicyclic amines) is 1. The first-order valence-electron chi connectivity index (χ1n) is 14.1. The number of aryl methyl sites for hydroxylation is 1. The molecule has 2 aromatic heterocycles. The van der Waals surface area contributed by atoms with Crippen LogP contribution in [0.1, 0.15) is 61.3 Å². The number of benzene rings is 2. The second-order valence-corrected chi connectivity index (χ2v) is 11.4. The molecule has 2 aromatic carbocycles. The molecule has 0 radical (unpaired) electrons. The van der Waals surface area contributed by atoms with Crippen LogP contribution in [0.2, 0.25) is 0 Å². The van der Waals surface area contributed by atoms with Gasteiger partial charge >= 0.3 is 0 Å². The summed E-state index contributed by atoms with van der Waals surface area (Å²) in [5, 5.41) is 19.2. The lowest BCUT2D eigenvalue weighted by atomic mass is 9.90. The van der Waals surface area contributed by atoms with Gasteiger partial charge in [0.25, 0.3) is 5.56 Å². The van der Waals surface area contributed by atoms with Gasteiger partial charge < -0.3 is 15.3 Å². The van der Waals surface area contributed by atoms with E-state index in [4.69, 9.17) is 0 Å². The molecule has 1 aliphatic heterocycles. The van der Waals surface area contributed by atoms with Crippen molar-refractivity contribution in [1.82, 2.24) is 29.4 Å². The molecule has 208 valence electrons. The Hall–Kier alpha value is -3.82. The van der Waals surface area contributed by atoms with Crippen molar-refractivity contribution in [1.29, 1.82) is 0 Å². The number of hydrogen-bond acceptors (Lipinski definition) is 6. The largest absolute Gasteiger partial charge is 0.388 e. The van der Waals surface area contributed by atoms with E-state index in [9.17, 15) is 14.7 Å². The normalized spacial score (nSPS) is 19.1. The average molecular weight is 541 g/mol. The molecule has 2 N–H and O–H groups in total. The number of amides is 1. The summed E-state index contributed by atoms with van der Waals surface area (Å²) in [5.41, 5.74) is 4.37. The highest BCUT2D eigenvalue weighted by Crippen LogP contribution is 2.34. The van der Waals surface area contributed by atoms with Crippen LogP contribution in [-0.2, 0) is 17.8 Å². The maximum Gasteiger partial charge on any atom is 0.296 e. The highest BCUT2D eigenvalue weighted by atomic mass is 16.3. The Morgan fingerprint density at radius 1 is 1.18 bits per heavy atom. The quantitative estimate of drug-likeness (QED) is 0.373. The summed E-state index contributed by atoms with van der Waals surface area (Å²) < 4.78 is 3.03. The fourth-order valence-electron chi connectivity index (χ4n) is 6.23. The van der Waals surface area contributed by atoms with E-state index in [1.54, 1.807) is 10.7 Å². The lowest BCUT2D eigenvalue weighted by Crippen LogP contribution is -2.50. The molecule has 40 heavy (non-hydrogen) atoms. The highest BCUT2D eigenvalue weighted by molar-refractivity contribution is 5.77. The standard InChI is InChI=1S/C31H36N6O3/c1-21(22-6-4-3-5-7-22)16-28(38)35-14-12-31(40,13-15-35)19-36-20-34-37-27(18-33-29(37)30(36)39)24-8-10-25-23(17-24)9-11-26(25)32-2/h3-8,10,17-18,20-21,26,32,40H,9,11-16,19H2,1-2H3/t21-,26?/m1/s1. The summed E-state index contributed by atoms with van der Waals surface area (Å²) in [5.74, 6) is 0.226. The van der Waals surface area contributed by atoms with Crippen molar-refractivity contribution in [2.75, 3.05) is 20.1 Å². The number of aromatic nitrogens is 4. The molecule has 0 spiro atoms. The number of carbonyl (C=O) groups excluding carboxylic acids is 1. The Kier molecular flexibility index (Phi) is 7.02. The van der Waals surface area contributed by atoms with Crippen molar-refractivity contribution < 1.29 is 9.90 Å². The SMILES string of the molecule is CNC1CCc2cc(-c3cnc4c(=O)n(CC5(O)CCN(C(=O)C[C@@H](C)c6ccccc6)CC5)cnn34)ccc21. The van der Waals surface area contributed by atoms with Crippen LogP contribution in [0.15, 0.2) is 65.8 Å². The van der Waals surface area contributed by atoms with E-state index < -0.39 is 5.60 Å². The summed E-state index contributed by atoms with van der Waals surface area (Å²) in [6.45, 7) is 3.10. The molecule has 4 aromatic rings. The molecule has 9 heteroatoms. The van der Waals surface area contributed by atoms with Crippen LogP contribution < -0.4 is 10.9 Å². The van der Waals surface area contributed by atoms with E-state index in [0.717, 1.165) is 29.7 Å². The van der Waals surface area contributed by atoms with Crippen LogP contribution in [-0.4, -0.2) is 60.8 Å². The van der Waals surface area contributed by atoms with Gasteiger partial charge in [-0.05, 0) is 61.4 Å². The van der Waals surface area contributed by atoms with Gasteiger partial charge in [0.2, 0.25) is 11.6 Å². The molecule has 3 heterocycles. The van der Waals surface area contributed by atoms with Crippen molar-refractivity contribution in [3.8, 4) is 11.3 Å². The molecule has 9 nitrogen and oxygen atoms in total. The zero-order valence-electron chi connectivity index (χ0n) is 23.1. The topological polar surface area (TPSA) is 105 Å². The van der Waals surface area contributed by atoms with Gasteiger partial charge in [-0.1, -0.05) is 49.4 Å². The zero-order chi connectivity index (χ0) is 27.9. The zero-order valence-corrected chi connectivity index (χ0v) is 23.1. The van der Waals surface area contributed by atoms with Gasteiger partial charge in [-0.2, -0.15) is 5.10 Å². The number of rotatable bonds is 7. The second-order valence-electron chi connectivity index (χ2n) is 11.4. The maximum atomic E-state index is 13.3. The Morgan fingerprint density at radius 2 is 1.95 bits per heavy atom. The number of imidazole rings is 1. The first-order chi connectivity index (χ1) is 19.3. The van der Waals surface area contributed by atoms with Gasteiger partial charge in [0.05, 0.1) is 24.0 Å².